The number of H-pyrrole nitrogens is 1. The molecule has 0 atom stereocenters. The monoisotopic (exact) mass is 307 g/mol. The maximum absolute atomic E-state index is 12.3. The van der Waals surface area contributed by atoms with Crippen LogP contribution < -0.4 is 5.32 Å². The maximum Gasteiger partial charge on any atom is 0.266 e. The number of anilines is 1. The van der Waals surface area contributed by atoms with Gasteiger partial charge in [0, 0.05) is 30.4 Å². The lowest BCUT2D eigenvalue weighted by atomic mass is 10.2. The van der Waals surface area contributed by atoms with E-state index in [0.717, 1.165) is 16.6 Å². The molecule has 2 rings (SSSR count). The molecule has 2 aromatic rings. The molecule has 0 bridgehead atoms. The number of amides is 1. The van der Waals surface area contributed by atoms with Crippen LogP contribution in [0.15, 0.2) is 61.5 Å². The third-order valence-corrected chi connectivity index (χ3v) is 3.16. The molecule has 2 N–H and O–H groups in total. The summed E-state index contributed by atoms with van der Waals surface area (Å²) in [6, 6.07) is 7.51. The van der Waals surface area contributed by atoms with Gasteiger partial charge in [0.15, 0.2) is 0 Å². The van der Waals surface area contributed by atoms with E-state index in [2.05, 4.69) is 28.7 Å². The van der Waals surface area contributed by atoms with E-state index in [9.17, 15) is 10.1 Å². The van der Waals surface area contributed by atoms with Gasteiger partial charge in [-0.05, 0) is 18.2 Å². The normalized spacial score (nSPS) is 10.8. The first-order valence-corrected chi connectivity index (χ1v) is 7.00. The molecule has 1 aromatic heterocycles. The summed E-state index contributed by atoms with van der Waals surface area (Å²) < 4.78 is 0. The lowest BCUT2D eigenvalue weighted by molar-refractivity contribution is -0.125. The van der Waals surface area contributed by atoms with Gasteiger partial charge in [0.1, 0.15) is 11.6 Å². The molecule has 0 saturated heterocycles. The average molecular weight is 307 g/mol. The molecule has 0 aliphatic rings. The number of hydrogen-bond donors (Lipinski definition) is 2. The van der Waals surface area contributed by atoms with E-state index in [-0.39, 0.29) is 11.5 Å². The van der Waals surface area contributed by atoms with Crippen molar-refractivity contribution in [2.45, 2.75) is 0 Å². The lowest BCUT2D eigenvalue weighted by Crippen LogP contribution is -2.32. The van der Waals surface area contributed by atoms with Crippen molar-refractivity contribution in [3.63, 3.8) is 0 Å². The van der Waals surface area contributed by atoms with Gasteiger partial charge in [0.2, 0.25) is 0 Å². The molecular weight excluding hydrogens is 290 g/mol. The van der Waals surface area contributed by atoms with Gasteiger partial charge in [-0.2, -0.15) is 10.4 Å². The third kappa shape index (κ3) is 3.86. The second-order valence-corrected chi connectivity index (χ2v) is 4.77. The molecule has 1 amide bonds. The summed E-state index contributed by atoms with van der Waals surface area (Å²) >= 11 is 0. The summed E-state index contributed by atoms with van der Waals surface area (Å²) in [7, 11) is 0. The zero-order valence-electron chi connectivity index (χ0n) is 12.6. The van der Waals surface area contributed by atoms with Crippen LogP contribution in [0.25, 0.3) is 10.9 Å². The first kappa shape index (κ1) is 16.0. The lowest BCUT2D eigenvalue weighted by Gasteiger charge is -2.18. The Morgan fingerprint density at radius 1 is 1.39 bits per heavy atom. The number of hydrogen-bond acceptors (Lipinski definition) is 4. The number of nitrogens with one attached hydrogen (secondary N) is 2. The number of rotatable bonds is 7. The van der Waals surface area contributed by atoms with E-state index in [1.807, 2.05) is 24.3 Å². The topological polar surface area (TPSA) is 84.8 Å². The Labute approximate surface area is 134 Å². The summed E-state index contributed by atoms with van der Waals surface area (Å²) in [5, 5.41) is 20.0. The number of aromatic nitrogens is 2. The van der Waals surface area contributed by atoms with Crippen molar-refractivity contribution in [2.24, 2.45) is 0 Å². The SMILES string of the molecule is C=CCN(CC=C)C(=O)/C(C#N)=C\Nc1ccc2cn[nH]c2c1. The second kappa shape index (κ2) is 7.61. The fourth-order valence-corrected chi connectivity index (χ4v) is 2.05. The van der Waals surface area contributed by atoms with Gasteiger partial charge in [-0.25, -0.2) is 0 Å². The molecule has 0 saturated carbocycles. The van der Waals surface area contributed by atoms with E-state index in [4.69, 9.17) is 0 Å². The average Bonchev–Trinajstić information content (AvgIpc) is 3.02. The van der Waals surface area contributed by atoms with Crippen molar-refractivity contribution in [3.05, 3.63) is 61.5 Å². The second-order valence-electron chi connectivity index (χ2n) is 4.77. The largest absolute Gasteiger partial charge is 0.360 e. The number of nitriles is 1. The van der Waals surface area contributed by atoms with Crippen LogP contribution in [0, 0.1) is 11.3 Å². The Bertz CT molecular complexity index is 787. The molecule has 116 valence electrons. The van der Waals surface area contributed by atoms with Crippen molar-refractivity contribution in [3.8, 4) is 6.07 Å². The zero-order valence-corrected chi connectivity index (χ0v) is 12.6. The van der Waals surface area contributed by atoms with Crippen molar-refractivity contribution >= 4 is 22.5 Å². The third-order valence-electron chi connectivity index (χ3n) is 3.16. The standard InChI is InChI=1S/C17H17N5O/c1-3-7-22(8-4-2)17(23)14(10-18)11-19-15-6-5-13-12-20-21-16(13)9-15/h3-6,9,11-12,19H,1-2,7-8H2,(H,20,21)/b14-11-. The minimum Gasteiger partial charge on any atom is -0.360 e. The van der Waals surface area contributed by atoms with Gasteiger partial charge in [0.05, 0.1) is 11.7 Å². The summed E-state index contributed by atoms with van der Waals surface area (Å²) in [5.74, 6) is -0.373. The quantitative estimate of drug-likeness (QED) is 0.468. The highest BCUT2D eigenvalue weighted by atomic mass is 16.2. The highest BCUT2D eigenvalue weighted by Crippen LogP contribution is 2.17. The molecule has 0 radical (unpaired) electrons. The highest BCUT2D eigenvalue weighted by molar-refractivity contribution is 5.97. The minimum atomic E-state index is -0.373. The van der Waals surface area contributed by atoms with Gasteiger partial charge in [-0.1, -0.05) is 12.2 Å². The molecule has 0 aliphatic heterocycles. The number of aromatic amines is 1. The van der Waals surface area contributed by atoms with Crippen molar-refractivity contribution in [1.82, 2.24) is 15.1 Å². The van der Waals surface area contributed by atoms with E-state index in [0.29, 0.717) is 13.1 Å². The minimum absolute atomic E-state index is 0.0124. The van der Waals surface area contributed by atoms with Crippen LogP contribution in [0.1, 0.15) is 0 Å². The first-order valence-electron chi connectivity index (χ1n) is 7.00. The summed E-state index contributed by atoms with van der Waals surface area (Å²) in [4.78, 5) is 13.8. The van der Waals surface area contributed by atoms with E-state index < -0.39 is 0 Å². The van der Waals surface area contributed by atoms with Crippen LogP contribution >= 0.6 is 0 Å². The molecule has 1 aromatic carbocycles. The Hall–Kier alpha value is -3.33. The molecule has 6 nitrogen and oxygen atoms in total. The Balaban J connectivity index is 2.16. The van der Waals surface area contributed by atoms with E-state index in [1.54, 1.807) is 18.3 Å². The van der Waals surface area contributed by atoms with Gasteiger partial charge in [-0.3, -0.25) is 9.89 Å². The molecule has 6 heteroatoms. The molecule has 0 aliphatic carbocycles. The van der Waals surface area contributed by atoms with Crippen LogP contribution in [0.2, 0.25) is 0 Å². The first-order chi connectivity index (χ1) is 11.2. The van der Waals surface area contributed by atoms with Gasteiger partial charge in [0.25, 0.3) is 5.91 Å². The number of benzene rings is 1. The number of carbonyl (C=O) groups excluding carboxylic acids is 1. The molecule has 0 fully saturated rings. The number of carbonyl (C=O) groups is 1. The smallest absolute Gasteiger partial charge is 0.266 e. The van der Waals surface area contributed by atoms with Crippen molar-refractivity contribution < 1.29 is 4.79 Å². The van der Waals surface area contributed by atoms with Gasteiger partial charge < -0.3 is 10.2 Å². The fourth-order valence-electron chi connectivity index (χ4n) is 2.05. The molecule has 1 heterocycles. The van der Waals surface area contributed by atoms with Gasteiger partial charge in [-0.15, -0.1) is 13.2 Å². The summed E-state index contributed by atoms with van der Waals surface area (Å²) in [6.07, 6.45) is 6.34. The van der Waals surface area contributed by atoms with E-state index in [1.165, 1.54) is 11.1 Å². The maximum atomic E-state index is 12.3. The summed E-state index contributed by atoms with van der Waals surface area (Å²) in [6.45, 7) is 7.93. The fraction of sp³-hybridized carbons (Fsp3) is 0.118. The molecular formula is C17H17N5O. The predicted octanol–water partition coefficient (Wildman–Crippen LogP) is 2.58. The Morgan fingerprint density at radius 3 is 2.78 bits per heavy atom. The predicted molar refractivity (Wildman–Crippen MR) is 90.4 cm³/mol. The van der Waals surface area contributed by atoms with Crippen LogP contribution in [0.5, 0.6) is 0 Å². The van der Waals surface area contributed by atoms with E-state index >= 15 is 0 Å². The number of fused-ring (bicyclic) bond motifs is 1. The van der Waals surface area contributed by atoms with Crippen LogP contribution in [0.3, 0.4) is 0 Å². The highest BCUT2D eigenvalue weighted by Gasteiger charge is 2.16. The van der Waals surface area contributed by atoms with Gasteiger partial charge >= 0.3 is 0 Å². The molecule has 0 spiro atoms. The van der Waals surface area contributed by atoms with Crippen LogP contribution in [-0.4, -0.2) is 34.1 Å². The molecule has 0 unspecified atom stereocenters. The van der Waals surface area contributed by atoms with Crippen LogP contribution in [-0.2, 0) is 4.79 Å². The molecule has 23 heavy (non-hydrogen) atoms. The Morgan fingerprint density at radius 2 is 2.13 bits per heavy atom. The number of nitrogens with zero attached hydrogens (tertiary/aromatic N) is 3. The van der Waals surface area contributed by atoms with Crippen molar-refractivity contribution in [2.75, 3.05) is 18.4 Å². The van der Waals surface area contributed by atoms with Crippen molar-refractivity contribution in [1.29, 1.82) is 5.26 Å². The summed E-state index contributed by atoms with van der Waals surface area (Å²) in [5.41, 5.74) is 1.63. The van der Waals surface area contributed by atoms with Crippen LogP contribution in [0.4, 0.5) is 5.69 Å². The zero-order chi connectivity index (χ0) is 16.7. The Kier molecular flexibility index (Phi) is 5.31.